The Morgan fingerprint density at radius 1 is 0.921 bits per heavy atom. The zero-order valence-corrected chi connectivity index (χ0v) is 20.7. The van der Waals surface area contributed by atoms with E-state index in [1.807, 2.05) is 73.7 Å². The molecule has 38 heavy (non-hydrogen) atoms. The average Bonchev–Trinajstić information content (AvgIpc) is 2.92. The molecule has 1 atom stereocenters. The van der Waals surface area contributed by atoms with Crippen LogP contribution in [0.1, 0.15) is 27.7 Å². The number of amides is 1. The fourth-order valence-corrected chi connectivity index (χ4v) is 4.50. The zero-order chi connectivity index (χ0) is 26.6. The van der Waals surface area contributed by atoms with Crippen molar-refractivity contribution in [3.63, 3.8) is 0 Å². The molecular weight excluding hydrogens is 478 g/mol. The van der Waals surface area contributed by atoms with Gasteiger partial charge in [0.25, 0.3) is 5.56 Å². The molecular formula is C31H25N3O4. The van der Waals surface area contributed by atoms with Gasteiger partial charge in [-0.2, -0.15) is 0 Å². The normalized spacial score (nSPS) is 11.7. The minimum Gasteiger partial charge on any atom is -0.478 e. The minimum absolute atomic E-state index is 0.120. The van der Waals surface area contributed by atoms with Gasteiger partial charge < -0.3 is 15.0 Å². The van der Waals surface area contributed by atoms with Crippen LogP contribution >= 0.6 is 0 Å². The number of rotatable bonds is 7. The van der Waals surface area contributed by atoms with Gasteiger partial charge in [-0.05, 0) is 66.1 Å². The number of hydrogen-bond donors (Lipinski definition) is 2. The molecule has 3 aromatic carbocycles. The summed E-state index contributed by atoms with van der Waals surface area (Å²) in [5.74, 6) is -1.43. The van der Waals surface area contributed by atoms with Crippen molar-refractivity contribution < 1.29 is 14.7 Å². The average molecular weight is 504 g/mol. The molecule has 1 unspecified atom stereocenters. The predicted octanol–water partition coefficient (Wildman–Crippen LogP) is 5.49. The Morgan fingerprint density at radius 3 is 2.39 bits per heavy atom. The van der Waals surface area contributed by atoms with E-state index < -0.39 is 12.0 Å². The van der Waals surface area contributed by atoms with Crippen LogP contribution in [0.2, 0.25) is 0 Å². The highest BCUT2D eigenvalue weighted by atomic mass is 16.4. The van der Waals surface area contributed by atoms with E-state index in [-0.39, 0.29) is 17.0 Å². The van der Waals surface area contributed by atoms with E-state index >= 15 is 0 Å². The van der Waals surface area contributed by atoms with E-state index in [0.717, 1.165) is 33.3 Å². The fraction of sp³-hybridized carbons (Fsp3) is 0.0968. The molecule has 5 aromatic rings. The highest BCUT2D eigenvalue weighted by molar-refractivity contribution is 5.96. The molecule has 1 amide bonds. The van der Waals surface area contributed by atoms with Gasteiger partial charge in [0.1, 0.15) is 6.04 Å². The molecule has 7 heteroatoms. The number of aromatic carboxylic acids is 1. The van der Waals surface area contributed by atoms with E-state index in [2.05, 4.69) is 10.3 Å². The van der Waals surface area contributed by atoms with Gasteiger partial charge in [0, 0.05) is 35.5 Å². The van der Waals surface area contributed by atoms with Crippen molar-refractivity contribution in [3.8, 4) is 11.1 Å². The number of carbonyl (C=O) groups excluding carboxylic acids is 1. The second-order valence-corrected chi connectivity index (χ2v) is 9.06. The third-order valence-corrected chi connectivity index (χ3v) is 6.44. The van der Waals surface area contributed by atoms with Gasteiger partial charge in [-0.1, -0.05) is 48.5 Å². The summed E-state index contributed by atoms with van der Waals surface area (Å²) in [7, 11) is 0. The van der Waals surface area contributed by atoms with E-state index in [1.54, 1.807) is 12.3 Å². The lowest BCUT2D eigenvalue weighted by Crippen LogP contribution is -2.34. The Bertz CT molecular complexity index is 1690. The van der Waals surface area contributed by atoms with E-state index in [9.17, 15) is 14.4 Å². The molecule has 0 spiro atoms. The van der Waals surface area contributed by atoms with Crippen LogP contribution in [0.5, 0.6) is 0 Å². The van der Waals surface area contributed by atoms with Gasteiger partial charge in [-0.25, -0.2) is 4.79 Å². The summed E-state index contributed by atoms with van der Waals surface area (Å²) in [6.45, 7) is 1.94. The summed E-state index contributed by atoms with van der Waals surface area (Å²) in [5.41, 5.74) is 4.56. The van der Waals surface area contributed by atoms with Crippen molar-refractivity contribution >= 4 is 28.5 Å². The number of benzene rings is 3. The highest BCUT2D eigenvalue weighted by Gasteiger charge is 2.23. The van der Waals surface area contributed by atoms with E-state index in [0.29, 0.717) is 12.1 Å². The Labute approximate surface area is 219 Å². The monoisotopic (exact) mass is 503 g/mol. The van der Waals surface area contributed by atoms with Crippen LogP contribution in [0.3, 0.4) is 0 Å². The van der Waals surface area contributed by atoms with E-state index in [4.69, 9.17) is 5.11 Å². The molecule has 0 bridgehead atoms. The Hall–Kier alpha value is -5.04. The lowest BCUT2D eigenvalue weighted by molar-refractivity contribution is -0.119. The first-order valence-electron chi connectivity index (χ1n) is 12.2. The van der Waals surface area contributed by atoms with Crippen LogP contribution in [0, 0.1) is 6.92 Å². The van der Waals surface area contributed by atoms with Gasteiger partial charge in [-0.3, -0.25) is 14.6 Å². The second-order valence-electron chi connectivity index (χ2n) is 9.06. The van der Waals surface area contributed by atoms with Gasteiger partial charge in [0.2, 0.25) is 5.91 Å². The van der Waals surface area contributed by atoms with Crippen molar-refractivity contribution in [2.24, 2.45) is 0 Å². The Morgan fingerprint density at radius 2 is 1.68 bits per heavy atom. The molecule has 188 valence electrons. The van der Waals surface area contributed by atoms with Gasteiger partial charge in [0.05, 0.1) is 11.1 Å². The molecule has 0 aliphatic carbocycles. The SMILES string of the molecule is Cc1ccc2c(-c3ccn(C(Cc4ccccc4)C(=O)Nc4ccc(C(=O)O)cc4)c(=O)c3)cccc2n1. The maximum absolute atomic E-state index is 13.5. The van der Waals surface area contributed by atoms with Gasteiger partial charge in [-0.15, -0.1) is 0 Å². The minimum atomic E-state index is -1.05. The smallest absolute Gasteiger partial charge is 0.335 e. The number of nitrogens with one attached hydrogen (secondary N) is 1. The van der Waals surface area contributed by atoms with Crippen molar-refractivity contribution in [2.45, 2.75) is 19.4 Å². The number of carboxylic acid groups (broad SMARTS) is 1. The molecule has 0 saturated heterocycles. The van der Waals surface area contributed by atoms with Crippen LogP contribution in [0.25, 0.3) is 22.0 Å². The lowest BCUT2D eigenvalue weighted by atomic mass is 10.0. The molecule has 0 radical (unpaired) electrons. The van der Waals surface area contributed by atoms with Gasteiger partial charge in [0.15, 0.2) is 0 Å². The third-order valence-electron chi connectivity index (χ3n) is 6.44. The van der Waals surface area contributed by atoms with E-state index in [1.165, 1.54) is 28.8 Å². The molecule has 2 aromatic heterocycles. The first-order valence-corrected chi connectivity index (χ1v) is 12.2. The summed E-state index contributed by atoms with van der Waals surface area (Å²) >= 11 is 0. The summed E-state index contributed by atoms with van der Waals surface area (Å²) < 4.78 is 1.44. The molecule has 0 aliphatic heterocycles. The second kappa shape index (κ2) is 10.5. The third kappa shape index (κ3) is 5.22. The molecule has 0 fully saturated rings. The van der Waals surface area contributed by atoms with Crippen LogP contribution in [-0.4, -0.2) is 26.5 Å². The Balaban J connectivity index is 1.50. The number of anilines is 1. The van der Waals surface area contributed by atoms with Crippen LogP contribution in [0.4, 0.5) is 5.69 Å². The fourth-order valence-electron chi connectivity index (χ4n) is 4.50. The van der Waals surface area contributed by atoms with Crippen LogP contribution in [-0.2, 0) is 11.2 Å². The molecule has 2 heterocycles. The molecule has 7 nitrogen and oxygen atoms in total. The highest BCUT2D eigenvalue weighted by Crippen LogP contribution is 2.27. The number of aryl methyl sites for hydroxylation is 1. The summed E-state index contributed by atoms with van der Waals surface area (Å²) in [4.78, 5) is 42.6. The first-order chi connectivity index (χ1) is 18.4. The number of carbonyl (C=O) groups is 2. The number of nitrogens with zero attached hydrogens (tertiary/aromatic N) is 2. The first kappa shape index (κ1) is 24.6. The standard InChI is InChI=1S/C31H25N3O4/c1-20-10-15-26-25(8-5-9-27(26)32-20)23-16-17-34(29(35)19-23)28(18-21-6-3-2-4-7-21)30(36)33-24-13-11-22(12-14-24)31(37)38/h2-17,19,28H,18H2,1H3,(H,33,36)(H,37,38). The zero-order valence-electron chi connectivity index (χ0n) is 20.7. The summed E-state index contributed by atoms with van der Waals surface area (Å²) in [6, 6.07) is 27.7. The Kier molecular flexibility index (Phi) is 6.82. The maximum atomic E-state index is 13.5. The van der Waals surface area contributed by atoms with Gasteiger partial charge >= 0.3 is 5.97 Å². The number of hydrogen-bond acceptors (Lipinski definition) is 4. The maximum Gasteiger partial charge on any atom is 0.335 e. The number of pyridine rings is 2. The van der Waals surface area contributed by atoms with Crippen molar-refractivity contribution in [2.75, 3.05) is 5.32 Å². The molecule has 0 saturated carbocycles. The number of fused-ring (bicyclic) bond motifs is 1. The molecule has 2 N–H and O–H groups in total. The largest absolute Gasteiger partial charge is 0.478 e. The van der Waals surface area contributed by atoms with Crippen molar-refractivity contribution in [1.82, 2.24) is 9.55 Å². The number of aromatic nitrogens is 2. The molecule has 0 aliphatic rings. The quantitative estimate of drug-likeness (QED) is 0.306. The molecule has 5 rings (SSSR count). The topological polar surface area (TPSA) is 101 Å². The van der Waals surface area contributed by atoms with Crippen molar-refractivity contribution in [3.05, 3.63) is 130 Å². The van der Waals surface area contributed by atoms with Crippen molar-refractivity contribution in [1.29, 1.82) is 0 Å². The summed E-state index contributed by atoms with van der Waals surface area (Å²) in [6.07, 6.45) is 1.95. The van der Waals surface area contributed by atoms with Crippen LogP contribution in [0.15, 0.2) is 108 Å². The lowest BCUT2D eigenvalue weighted by Gasteiger charge is -2.20. The summed E-state index contributed by atoms with van der Waals surface area (Å²) in [5, 5.41) is 12.9. The van der Waals surface area contributed by atoms with Crippen LogP contribution < -0.4 is 10.9 Å². The number of carboxylic acids is 1. The predicted molar refractivity (Wildman–Crippen MR) is 147 cm³/mol.